The van der Waals surface area contributed by atoms with E-state index in [0.29, 0.717) is 38.2 Å². The smallest absolute Gasteiger partial charge is 0.341 e. The Morgan fingerprint density at radius 3 is 2.50 bits per heavy atom. The number of amides is 3. The van der Waals surface area contributed by atoms with Gasteiger partial charge in [-0.3, -0.25) is 4.79 Å². The Bertz CT molecular complexity index is 1080. The molecule has 2 aromatic rings. The third-order valence-corrected chi connectivity index (χ3v) is 6.74. The van der Waals surface area contributed by atoms with Crippen LogP contribution in [0.4, 0.5) is 13.6 Å². The van der Waals surface area contributed by atoms with Crippen LogP contribution in [0, 0.1) is 11.6 Å². The number of benzene rings is 1. The predicted molar refractivity (Wildman–Crippen MR) is 113 cm³/mol. The molecule has 1 aromatic heterocycles. The summed E-state index contributed by atoms with van der Waals surface area (Å²) in [7, 11) is 0. The molecule has 0 bridgehead atoms. The molecular formula is C20H18ClF2N5O3S. The summed E-state index contributed by atoms with van der Waals surface area (Å²) in [5.74, 6) is -1.61. The average molecular weight is 482 g/mol. The minimum absolute atomic E-state index is 0.190. The van der Waals surface area contributed by atoms with Gasteiger partial charge in [0.15, 0.2) is 5.69 Å². The molecule has 3 aliphatic heterocycles. The zero-order valence-corrected chi connectivity index (χ0v) is 18.3. The monoisotopic (exact) mass is 481 g/mol. The van der Waals surface area contributed by atoms with Crippen molar-refractivity contribution in [3.63, 3.8) is 0 Å². The van der Waals surface area contributed by atoms with E-state index in [1.165, 1.54) is 22.0 Å². The molecule has 0 spiro atoms. The number of carbonyl (C=O) groups excluding carboxylic acids is 2. The van der Waals surface area contributed by atoms with Crippen molar-refractivity contribution >= 4 is 41.1 Å². The Labute approximate surface area is 191 Å². The van der Waals surface area contributed by atoms with Crippen molar-refractivity contribution in [2.24, 2.45) is 5.10 Å². The van der Waals surface area contributed by atoms with Gasteiger partial charge in [-0.15, -0.1) is 0 Å². The molecule has 3 aliphatic rings. The van der Waals surface area contributed by atoms with Crippen LogP contribution in [0.15, 0.2) is 23.3 Å². The fourth-order valence-electron chi connectivity index (χ4n) is 3.73. The third-order valence-electron chi connectivity index (χ3n) is 5.59. The molecule has 1 aromatic carbocycles. The molecule has 0 radical (unpaired) electrons. The molecule has 8 nitrogen and oxygen atoms in total. The molecular weight excluding hydrogens is 464 g/mol. The molecule has 5 rings (SSSR count). The van der Waals surface area contributed by atoms with Gasteiger partial charge in [0.25, 0.3) is 11.1 Å². The lowest BCUT2D eigenvalue weighted by Gasteiger charge is -2.40. The van der Waals surface area contributed by atoms with Gasteiger partial charge in [0.1, 0.15) is 22.1 Å². The highest BCUT2D eigenvalue weighted by molar-refractivity contribution is 7.17. The fourth-order valence-corrected chi connectivity index (χ4v) is 4.76. The SMILES string of the molecule is O=C(c1nc(OC2CN(C(=O)N3N=CC[C@H]3c3cc(F)cc(F)c3)C2)sc1Cl)N1CCC1. The highest BCUT2D eigenvalue weighted by Gasteiger charge is 2.39. The number of ether oxygens (including phenoxy) is 1. The van der Waals surface area contributed by atoms with E-state index in [9.17, 15) is 18.4 Å². The number of aromatic nitrogens is 1. The molecule has 168 valence electrons. The van der Waals surface area contributed by atoms with Crippen LogP contribution in [0.5, 0.6) is 5.19 Å². The zero-order valence-electron chi connectivity index (χ0n) is 16.7. The van der Waals surface area contributed by atoms with E-state index in [1.54, 1.807) is 11.1 Å². The van der Waals surface area contributed by atoms with Crippen LogP contribution in [-0.2, 0) is 0 Å². The number of carbonyl (C=O) groups is 2. The van der Waals surface area contributed by atoms with E-state index in [4.69, 9.17) is 16.3 Å². The van der Waals surface area contributed by atoms with Crippen LogP contribution in [-0.4, -0.2) is 70.2 Å². The lowest BCUT2D eigenvalue weighted by molar-refractivity contribution is 0.0274. The van der Waals surface area contributed by atoms with Crippen LogP contribution < -0.4 is 4.74 Å². The van der Waals surface area contributed by atoms with Crippen molar-refractivity contribution in [3.8, 4) is 5.19 Å². The molecule has 32 heavy (non-hydrogen) atoms. The Morgan fingerprint density at radius 1 is 1.12 bits per heavy atom. The number of halogens is 3. The number of hydrogen-bond acceptors (Lipinski definition) is 6. The van der Waals surface area contributed by atoms with Gasteiger partial charge in [-0.2, -0.15) is 10.1 Å². The standard InChI is InChI=1S/C20H18ClF2N5O3S/c21-17-16(18(29)26-4-1-5-26)25-19(32-17)31-14-9-27(10-14)20(30)28-15(2-3-24-28)11-6-12(22)8-13(23)7-11/h3,6-8,14-15H,1-2,4-5,9-10H2/t15-/m0/s1. The second-order valence-corrected chi connectivity index (χ2v) is 9.34. The first-order chi connectivity index (χ1) is 15.4. The quantitative estimate of drug-likeness (QED) is 0.669. The summed E-state index contributed by atoms with van der Waals surface area (Å²) in [6.45, 7) is 1.99. The Balaban J connectivity index is 1.19. The molecule has 2 fully saturated rings. The fraction of sp³-hybridized carbons (Fsp3) is 0.400. The predicted octanol–water partition coefficient (Wildman–Crippen LogP) is 3.54. The van der Waals surface area contributed by atoms with Crippen molar-refractivity contribution in [2.75, 3.05) is 26.2 Å². The first-order valence-electron chi connectivity index (χ1n) is 10.1. The Hall–Kier alpha value is -2.79. The summed E-state index contributed by atoms with van der Waals surface area (Å²) in [6, 6.07) is 2.25. The number of hydrazone groups is 1. The minimum Gasteiger partial charge on any atom is -0.463 e. The molecule has 0 saturated carbocycles. The normalized spacial score (nSPS) is 20.3. The van der Waals surface area contributed by atoms with Crippen LogP contribution in [0.3, 0.4) is 0 Å². The maximum absolute atomic E-state index is 13.6. The van der Waals surface area contributed by atoms with E-state index < -0.39 is 17.7 Å². The number of nitrogens with zero attached hydrogens (tertiary/aromatic N) is 5. The maximum atomic E-state index is 13.6. The van der Waals surface area contributed by atoms with Gasteiger partial charge in [0.05, 0.1) is 19.1 Å². The maximum Gasteiger partial charge on any atom is 0.341 e. The van der Waals surface area contributed by atoms with Crippen molar-refractivity contribution in [2.45, 2.75) is 25.0 Å². The van der Waals surface area contributed by atoms with Crippen molar-refractivity contribution in [1.29, 1.82) is 0 Å². The second kappa shape index (κ2) is 8.28. The summed E-state index contributed by atoms with van der Waals surface area (Å²) in [4.78, 5) is 32.6. The average Bonchev–Trinajstić information content (AvgIpc) is 3.28. The highest BCUT2D eigenvalue weighted by Crippen LogP contribution is 2.34. The van der Waals surface area contributed by atoms with E-state index >= 15 is 0 Å². The van der Waals surface area contributed by atoms with Gasteiger partial charge in [0, 0.05) is 31.8 Å². The molecule has 12 heteroatoms. The number of thiazole rings is 1. The topological polar surface area (TPSA) is 78.3 Å². The zero-order chi connectivity index (χ0) is 22.4. The van der Waals surface area contributed by atoms with Gasteiger partial charge in [-0.1, -0.05) is 22.9 Å². The van der Waals surface area contributed by atoms with E-state index in [1.807, 2.05) is 0 Å². The van der Waals surface area contributed by atoms with Crippen LogP contribution in [0.2, 0.25) is 4.34 Å². The van der Waals surface area contributed by atoms with E-state index in [-0.39, 0.29) is 33.3 Å². The molecule has 4 heterocycles. The van der Waals surface area contributed by atoms with Crippen LogP contribution >= 0.6 is 22.9 Å². The van der Waals surface area contributed by atoms with Gasteiger partial charge >= 0.3 is 6.03 Å². The Kier molecular flexibility index (Phi) is 5.46. The largest absolute Gasteiger partial charge is 0.463 e. The molecule has 1 atom stereocenters. The number of rotatable bonds is 4. The number of urea groups is 1. The minimum atomic E-state index is -0.703. The summed E-state index contributed by atoms with van der Waals surface area (Å²) in [5.41, 5.74) is 0.536. The second-order valence-electron chi connectivity index (χ2n) is 7.77. The number of likely N-dealkylation sites (tertiary alicyclic amines) is 2. The molecule has 0 aliphatic carbocycles. The van der Waals surface area contributed by atoms with Gasteiger partial charge in [0.2, 0.25) is 0 Å². The molecule has 3 amide bonds. The third kappa shape index (κ3) is 3.90. The highest BCUT2D eigenvalue weighted by atomic mass is 35.5. The van der Waals surface area contributed by atoms with E-state index in [0.717, 1.165) is 23.8 Å². The van der Waals surface area contributed by atoms with Crippen molar-refractivity contribution in [1.82, 2.24) is 19.8 Å². The van der Waals surface area contributed by atoms with Crippen LogP contribution in [0.1, 0.15) is 34.9 Å². The first kappa shape index (κ1) is 21.1. The lowest BCUT2D eigenvalue weighted by Crippen LogP contribution is -2.58. The number of hydrogen-bond donors (Lipinski definition) is 0. The first-order valence-corrected chi connectivity index (χ1v) is 11.3. The molecule has 0 unspecified atom stereocenters. The van der Waals surface area contributed by atoms with Crippen molar-refractivity contribution < 1.29 is 23.1 Å². The Morgan fingerprint density at radius 2 is 1.84 bits per heavy atom. The van der Waals surface area contributed by atoms with E-state index in [2.05, 4.69) is 10.1 Å². The lowest BCUT2D eigenvalue weighted by atomic mass is 10.0. The summed E-state index contributed by atoms with van der Waals surface area (Å²) < 4.78 is 33.3. The summed E-state index contributed by atoms with van der Waals surface area (Å²) in [6.07, 6.45) is 2.59. The van der Waals surface area contributed by atoms with Gasteiger partial charge in [-0.05, 0) is 24.1 Å². The van der Waals surface area contributed by atoms with Crippen LogP contribution in [0.25, 0.3) is 0 Å². The summed E-state index contributed by atoms with van der Waals surface area (Å²) in [5, 5.41) is 5.60. The summed E-state index contributed by atoms with van der Waals surface area (Å²) >= 11 is 7.24. The van der Waals surface area contributed by atoms with Gasteiger partial charge in [-0.25, -0.2) is 18.6 Å². The molecule has 2 saturated heterocycles. The van der Waals surface area contributed by atoms with Gasteiger partial charge < -0.3 is 14.5 Å². The molecule has 0 N–H and O–H groups in total. The van der Waals surface area contributed by atoms with Crippen molar-refractivity contribution in [3.05, 3.63) is 45.4 Å².